The molecule has 0 amide bonds. The van der Waals surface area contributed by atoms with Gasteiger partial charge in [-0.3, -0.25) is 0 Å². The van der Waals surface area contributed by atoms with Gasteiger partial charge >= 0.3 is 6.18 Å². The maximum Gasteiger partial charge on any atom is 0.416 e. The normalized spacial score (nSPS) is 20.1. The summed E-state index contributed by atoms with van der Waals surface area (Å²) in [6.45, 7) is 5.91. The monoisotopic (exact) mass is 379 g/mol. The second kappa shape index (κ2) is 8.21. The third kappa shape index (κ3) is 4.95. The Kier molecular flexibility index (Phi) is 5.95. The van der Waals surface area contributed by atoms with Gasteiger partial charge in [-0.2, -0.15) is 13.2 Å². The molecule has 0 radical (unpaired) electrons. The highest BCUT2D eigenvalue weighted by atomic mass is 19.4. The highest BCUT2D eigenvalue weighted by Gasteiger charge is 2.34. The van der Waals surface area contributed by atoms with Crippen molar-refractivity contribution in [2.75, 3.05) is 24.7 Å². The first-order valence-corrected chi connectivity index (χ1v) is 9.11. The van der Waals surface area contributed by atoms with Crippen LogP contribution < -0.4 is 9.64 Å². The molecule has 2 atom stereocenters. The zero-order valence-electron chi connectivity index (χ0n) is 15.5. The van der Waals surface area contributed by atoms with Crippen LogP contribution in [0.4, 0.5) is 18.9 Å². The van der Waals surface area contributed by atoms with Crippen molar-refractivity contribution in [3.63, 3.8) is 0 Å². The summed E-state index contributed by atoms with van der Waals surface area (Å²) in [7, 11) is 0. The van der Waals surface area contributed by atoms with Gasteiger partial charge in [0.1, 0.15) is 11.9 Å². The summed E-state index contributed by atoms with van der Waals surface area (Å²) in [5, 5.41) is 0. The van der Waals surface area contributed by atoms with Crippen LogP contribution in [0.2, 0.25) is 0 Å². The molecule has 2 aromatic carbocycles. The Bertz CT molecular complexity index is 729. The zero-order chi connectivity index (χ0) is 19.4. The standard InChI is InChI=1S/C21H24F3NO2/c1-3-26-14-18-12-20(13-25(18)17-8-4-15(2)5-9-17)27-19-10-6-16(7-11-19)21(22,23)24/h4-11,18,20H,3,12-14H2,1-2H3/t18-,20?/m0/s1. The number of anilines is 1. The van der Waals surface area contributed by atoms with Gasteiger partial charge in [0.05, 0.1) is 24.8 Å². The SMILES string of the molecule is CCOC[C@@H]1CC(Oc2ccc(C(F)(F)F)cc2)CN1c1ccc(C)cc1. The Morgan fingerprint density at radius 3 is 2.30 bits per heavy atom. The molecule has 0 spiro atoms. The molecule has 3 nitrogen and oxygen atoms in total. The number of rotatable bonds is 6. The van der Waals surface area contributed by atoms with Crippen molar-refractivity contribution in [2.45, 2.75) is 38.6 Å². The van der Waals surface area contributed by atoms with Gasteiger partial charge in [-0.05, 0) is 50.2 Å². The fourth-order valence-corrected chi connectivity index (χ4v) is 3.34. The summed E-state index contributed by atoms with van der Waals surface area (Å²) < 4.78 is 49.7. The molecule has 1 heterocycles. The van der Waals surface area contributed by atoms with Gasteiger partial charge in [0, 0.05) is 18.7 Å². The second-order valence-electron chi connectivity index (χ2n) is 6.80. The average Bonchev–Trinajstić information content (AvgIpc) is 3.03. The van der Waals surface area contributed by atoms with Gasteiger partial charge in [-0.1, -0.05) is 17.7 Å². The van der Waals surface area contributed by atoms with Crippen LogP contribution in [-0.4, -0.2) is 31.9 Å². The van der Waals surface area contributed by atoms with Gasteiger partial charge in [0.25, 0.3) is 0 Å². The summed E-state index contributed by atoms with van der Waals surface area (Å²) >= 11 is 0. The van der Waals surface area contributed by atoms with Crippen molar-refractivity contribution in [1.29, 1.82) is 0 Å². The lowest BCUT2D eigenvalue weighted by Gasteiger charge is -2.26. The average molecular weight is 379 g/mol. The van der Waals surface area contributed by atoms with Crippen LogP contribution >= 0.6 is 0 Å². The predicted octanol–water partition coefficient (Wildman–Crippen LogP) is 5.08. The fourth-order valence-electron chi connectivity index (χ4n) is 3.34. The minimum absolute atomic E-state index is 0.103. The van der Waals surface area contributed by atoms with Crippen LogP contribution in [0.25, 0.3) is 0 Å². The quantitative estimate of drug-likeness (QED) is 0.699. The molecule has 1 aliphatic heterocycles. The van der Waals surface area contributed by atoms with Crippen LogP contribution in [0.15, 0.2) is 48.5 Å². The smallest absolute Gasteiger partial charge is 0.416 e. The molecule has 0 aromatic heterocycles. The Morgan fingerprint density at radius 1 is 1.04 bits per heavy atom. The molecule has 0 bridgehead atoms. The lowest BCUT2D eigenvalue weighted by molar-refractivity contribution is -0.137. The first-order valence-electron chi connectivity index (χ1n) is 9.11. The van der Waals surface area contributed by atoms with E-state index < -0.39 is 11.7 Å². The Morgan fingerprint density at radius 2 is 1.70 bits per heavy atom. The Hall–Kier alpha value is -2.21. The van der Waals surface area contributed by atoms with E-state index in [1.54, 1.807) is 0 Å². The van der Waals surface area contributed by atoms with Crippen LogP contribution in [0.1, 0.15) is 24.5 Å². The van der Waals surface area contributed by atoms with Crippen LogP contribution in [0, 0.1) is 6.92 Å². The van der Waals surface area contributed by atoms with Crippen molar-refractivity contribution in [1.82, 2.24) is 0 Å². The molecule has 1 aliphatic rings. The van der Waals surface area contributed by atoms with E-state index in [-0.39, 0.29) is 12.1 Å². The van der Waals surface area contributed by atoms with Crippen LogP contribution in [0.3, 0.4) is 0 Å². The molecular formula is C21H24F3NO2. The Balaban J connectivity index is 1.70. The number of ether oxygens (including phenoxy) is 2. The molecule has 0 N–H and O–H groups in total. The maximum absolute atomic E-state index is 12.7. The number of hydrogen-bond donors (Lipinski definition) is 0. The fraction of sp³-hybridized carbons (Fsp3) is 0.429. The number of halogens is 3. The van der Waals surface area contributed by atoms with Gasteiger partial charge < -0.3 is 14.4 Å². The number of hydrogen-bond acceptors (Lipinski definition) is 3. The third-order valence-corrected chi connectivity index (χ3v) is 4.74. The Labute approximate surface area is 157 Å². The van der Waals surface area contributed by atoms with Gasteiger partial charge in [0.15, 0.2) is 0 Å². The molecule has 6 heteroatoms. The third-order valence-electron chi connectivity index (χ3n) is 4.74. The van der Waals surface area contributed by atoms with Gasteiger partial charge in [-0.25, -0.2) is 0 Å². The lowest BCUT2D eigenvalue weighted by Crippen LogP contribution is -2.33. The summed E-state index contributed by atoms with van der Waals surface area (Å²) in [4.78, 5) is 2.25. The summed E-state index contributed by atoms with van der Waals surface area (Å²) in [5.41, 5.74) is 1.62. The predicted molar refractivity (Wildman–Crippen MR) is 99.3 cm³/mol. The largest absolute Gasteiger partial charge is 0.489 e. The van der Waals surface area contributed by atoms with E-state index in [2.05, 4.69) is 29.2 Å². The van der Waals surface area contributed by atoms with Crippen LogP contribution in [-0.2, 0) is 10.9 Å². The minimum atomic E-state index is -4.34. The summed E-state index contributed by atoms with van der Waals surface area (Å²) in [6, 6.07) is 13.3. The van der Waals surface area contributed by atoms with E-state index in [9.17, 15) is 13.2 Å². The van der Waals surface area contributed by atoms with E-state index in [0.717, 1.165) is 24.2 Å². The molecule has 27 heavy (non-hydrogen) atoms. The van der Waals surface area contributed by atoms with Crippen molar-refractivity contribution in [3.8, 4) is 5.75 Å². The molecule has 146 valence electrons. The second-order valence-corrected chi connectivity index (χ2v) is 6.80. The molecular weight excluding hydrogens is 355 g/mol. The van der Waals surface area contributed by atoms with E-state index in [1.807, 2.05) is 13.8 Å². The topological polar surface area (TPSA) is 21.7 Å². The minimum Gasteiger partial charge on any atom is -0.489 e. The lowest BCUT2D eigenvalue weighted by atomic mass is 10.2. The molecule has 0 saturated carbocycles. The van der Waals surface area contributed by atoms with Gasteiger partial charge in [0.2, 0.25) is 0 Å². The van der Waals surface area contributed by atoms with E-state index in [4.69, 9.17) is 9.47 Å². The van der Waals surface area contributed by atoms with Crippen LogP contribution in [0.5, 0.6) is 5.75 Å². The molecule has 1 saturated heterocycles. The number of aryl methyl sites for hydroxylation is 1. The van der Waals surface area contributed by atoms with Crippen molar-refractivity contribution in [2.24, 2.45) is 0 Å². The van der Waals surface area contributed by atoms with Crippen molar-refractivity contribution >= 4 is 5.69 Å². The highest BCUT2D eigenvalue weighted by Crippen LogP contribution is 2.32. The van der Waals surface area contributed by atoms with E-state index in [0.29, 0.717) is 25.5 Å². The van der Waals surface area contributed by atoms with Crippen molar-refractivity contribution < 1.29 is 22.6 Å². The maximum atomic E-state index is 12.7. The first kappa shape index (κ1) is 19.5. The highest BCUT2D eigenvalue weighted by molar-refractivity contribution is 5.50. The summed E-state index contributed by atoms with van der Waals surface area (Å²) in [5.74, 6) is 0.453. The summed E-state index contributed by atoms with van der Waals surface area (Å²) in [6.07, 6.45) is -3.68. The van der Waals surface area contributed by atoms with Gasteiger partial charge in [-0.15, -0.1) is 0 Å². The van der Waals surface area contributed by atoms with E-state index in [1.165, 1.54) is 17.7 Å². The zero-order valence-corrected chi connectivity index (χ0v) is 15.5. The molecule has 1 unspecified atom stereocenters. The number of benzene rings is 2. The number of nitrogens with zero attached hydrogens (tertiary/aromatic N) is 1. The first-order chi connectivity index (χ1) is 12.9. The molecule has 2 aromatic rings. The van der Waals surface area contributed by atoms with Crippen molar-refractivity contribution in [3.05, 3.63) is 59.7 Å². The number of alkyl halides is 3. The van der Waals surface area contributed by atoms with E-state index >= 15 is 0 Å². The molecule has 0 aliphatic carbocycles. The molecule has 1 fully saturated rings. The molecule has 3 rings (SSSR count).